The number of hydrogen-bond donors (Lipinski definition) is 1. The lowest BCUT2D eigenvalue weighted by atomic mass is 10.2. The second-order valence-corrected chi connectivity index (χ2v) is 8.10. The fourth-order valence-electron chi connectivity index (χ4n) is 2.54. The van der Waals surface area contributed by atoms with Gasteiger partial charge in [0.1, 0.15) is 0 Å². The van der Waals surface area contributed by atoms with Gasteiger partial charge in [-0.2, -0.15) is 0 Å². The molecule has 0 bridgehead atoms. The fraction of sp³-hybridized carbons (Fsp3) is 1.00. The van der Waals surface area contributed by atoms with Crippen LogP contribution in [0.15, 0.2) is 0 Å². The molecule has 102 valence electrons. The summed E-state index contributed by atoms with van der Waals surface area (Å²) in [5, 5.41) is 3.02. The highest BCUT2D eigenvalue weighted by Gasteiger charge is 2.40. The molecule has 1 saturated carbocycles. The van der Waals surface area contributed by atoms with E-state index in [0.717, 1.165) is 32.2 Å². The summed E-state index contributed by atoms with van der Waals surface area (Å²) in [5.74, 6) is 0.201. The average Bonchev–Trinajstić information content (AvgIpc) is 2.73. The summed E-state index contributed by atoms with van der Waals surface area (Å²) in [7, 11) is -2.98. The molecule has 1 aliphatic rings. The van der Waals surface area contributed by atoms with Crippen LogP contribution >= 0.6 is 0 Å². The highest BCUT2D eigenvalue weighted by Crippen LogP contribution is 2.30. The molecule has 0 radical (unpaired) electrons. The van der Waals surface area contributed by atoms with Crippen LogP contribution in [0.3, 0.4) is 0 Å². The molecule has 0 aromatic heterocycles. The Morgan fingerprint density at radius 1 is 1.24 bits per heavy atom. The van der Waals surface area contributed by atoms with E-state index in [0.29, 0.717) is 0 Å². The molecule has 1 fully saturated rings. The van der Waals surface area contributed by atoms with E-state index in [9.17, 15) is 8.42 Å². The molecule has 0 spiro atoms. The zero-order valence-electron chi connectivity index (χ0n) is 11.6. The summed E-state index contributed by atoms with van der Waals surface area (Å²) in [6.07, 6.45) is 3.94. The van der Waals surface area contributed by atoms with Crippen LogP contribution in [0.25, 0.3) is 0 Å². The second kappa shape index (κ2) is 6.19. The largest absolute Gasteiger partial charge is 0.313 e. The SMILES string of the molecule is CCCNC1CCCC1S(=O)(=O)C(C)C(C)C. The number of hydrogen-bond acceptors (Lipinski definition) is 3. The van der Waals surface area contributed by atoms with E-state index in [1.807, 2.05) is 20.8 Å². The molecule has 1 aliphatic carbocycles. The number of sulfone groups is 1. The molecule has 0 amide bonds. The van der Waals surface area contributed by atoms with Crippen LogP contribution in [0.5, 0.6) is 0 Å². The molecular formula is C13H27NO2S. The lowest BCUT2D eigenvalue weighted by Gasteiger charge is -2.26. The van der Waals surface area contributed by atoms with Gasteiger partial charge in [0.25, 0.3) is 0 Å². The Bertz CT molecular complexity index is 324. The summed E-state index contributed by atoms with van der Waals surface area (Å²) in [6.45, 7) is 8.88. The zero-order chi connectivity index (χ0) is 13.1. The van der Waals surface area contributed by atoms with E-state index in [1.54, 1.807) is 0 Å². The van der Waals surface area contributed by atoms with Crippen LogP contribution in [-0.2, 0) is 9.84 Å². The molecule has 3 unspecified atom stereocenters. The minimum absolute atomic E-state index is 0.161. The van der Waals surface area contributed by atoms with E-state index in [4.69, 9.17) is 0 Å². The van der Waals surface area contributed by atoms with Crippen molar-refractivity contribution >= 4 is 9.84 Å². The third-order valence-corrected chi connectivity index (χ3v) is 6.98. The third-order valence-electron chi connectivity index (χ3n) is 3.99. The number of rotatable bonds is 6. The van der Waals surface area contributed by atoms with Gasteiger partial charge in [-0.15, -0.1) is 0 Å². The molecule has 0 aromatic rings. The molecule has 0 aliphatic heterocycles. The van der Waals surface area contributed by atoms with Crippen LogP contribution in [0, 0.1) is 5.92 Å². The van der Waals surface area contributed by atoms with Gasteiger partial charge < -0.3 is 5.32 Å². The molecular weight excluding hydrogens is 234 g/mol. The summed E-state index contributed by atoms with van der Waals surface area (Å²) in [4.78, 5) is 0. The van der Waals surface area contributed by atoms with E-state index in [-0.39, 0.29) is 22.5 Å². The summed E-state index contributed by atoms with van der Waals surface area (Å²) in [6, 6.07) is 0.182. The first-order chi connectivity index (χ1) is 7.91. The highest BCUT2D eigenvalue weighted by atomic mass is 32.2. The Morgan fingerprint density at radius 2 is 1.88 bits per heavy atom. The Morgan fingerprint density at radius 3 is 2.41 bits per heavy atom. The smallest absolute Gasteiger partial charge is 0.157 e. The van der Waals surface area contributed by atoms with E-state index >= 15 is 0 Å². The number of nitrogens with one attached hydrogen (secondary N) is 1. The van der Waals surface area contributed by atoms with Crippen LogP contribution in [0.2, 0.25) is 0 Å². The van der Waals surface area contributed by atoms with Crippen molar-refractivity contribution in [3.63, 3.8) is 0 Å². The minimum atomic E-state index is -2.98. The van der Waals surface area contributed by atoms with Gasteiger partial charge in [-0.05, 0) is 38.6 Å². The maximum atomic E-state index is 12.5. The lowest BCUT2D eigenvalue weighted by Crippen LogP contribution is -2.44. The molecule has 0 heterocycles. The van der Waals surface area contributed by atoms with Gasteiger partial charge in [-0.25, -0.2) is 8.42 Å². The first-order valence-electron chi connectivity index (χ1n) is 6.87. The van der Waals surface area contributed by atoms with Gasteiger partial charge in [-0.1, -0.05) is 27.2 Å². The molecule has 17 heavy (non-hydrogen) atoms. The fourth-order valence-corrected chi connectivity index (χ4v) is 5.03. The molecule has 1 rings (SSSR count). The average molecular weight is 261 g/mol. The Labute approximate surface area is 106 Å². The van der Waals surface area contributed by atoms with Crippen molar-refractivity contribution < 1.29 is 8.42 Å². The molecule has 3 atom stereocenters. The van der Waals surface area contributed by atoms with Crippen molar-refractivity contribution in [1.29, 1.82) is 0 Å². The maximum absolute atomic E-state index is 12.5. The third kappa shape index (κ3) is 3.44. The summed E-state index contributed by atoms with van der Waals surface area (Å²) >= 11 is 0. The first kappa shape index (κ1) is 15.0. The van der Waals surface area contributed by atoms with Crippen molar-refractivity contribution in [3.8, 4) is 0 Å². The Hall–Kier alpha value is -0.0900. The monoisotopic (exact) mass is 261 g/mol. The predicted octanol–water partition coefficient (Wildman–Crippen LogP) is 2.37. The van der Waals surface area contributed by atoms with Gasteiger partial charge >= 0.3 is 0 Å². The van der Waals surface area contributed by atoms with Gasteiger partial charge in [0.15, 0.2) is 9.84 Å². The molecule has 0 saturated heterocycles. The van der Waals surface area contributed by atoms with Crippen LogP contribution in [-0.4, -0.2) is 31.5 Å². The van der Waals surface area contributed by atoms with Gasteiger partial charge in [0.05, 0.1) is 10.5 Å². The first-order valence-corrected chi connectivity index (χ1v) is 8.48. The van der Waals surface area contributed by atoms with Crippen molar-refractivity contribution in [3.05, 3.63) is 0 Å². The molecule has 4 heteroatoms. The topological polar surface area (TPSA) is 46.2 Å². The van der Waals surface area contributed by atoms with Crippen LogP contribution in [0.4, 0.5) is 0 Å². The normalized spacial score (nSPS) is 27.6. The Kier molecular flexibility index (Phi) is 5.45. The molecule has 3 nitrogen and oxygen atoms in total. The van der Waals surface area contributed by atoms with Crippen LogP contribution in [0.1, 0.15) is 53.4 Å². The lowest BCUT2D eigenvalue weighted by molar-refractivity contribution is 0.488. The van der Waals surface area contributed by atoms with Crippen molar-refractivity contribution in [2.75, 3.05) is 6.54 Å². The van der Waals surface area contributed by atoms with E-state index < -0.39 is 9.84 Å². The van der Waals surface area contributed by atoms with Gasteiger partial charge in [0.2, 0.25) is 0 Å². The maximum Gasteiger partial charge on any atom is 0.157 e. The zero-order valence-corrected chi connectivity index (χ0v) is 12.4. The summed E-state index contributed by atoms with van der Waals surface area (Å²) in [5.41, 5.74) is 0. The van der Waals surface area contributed by atoms with Crippen molar-refractivity contribution in [2.45, 2.75) is 69.9 Å². The second-order valence-electron chi connectivity index (χ2n) is 5.57. The van der Waals surface area contributed by atoms with E-state index in [2.05, 4.69) is 12.2 Å². The summed E-state index contributed by atoms with van der Waals surface area (Å²) < 4.78 is 25.0. The minimum Gasteiger partial charge on any atom is -0.313 e. The van der Waals surface area contributed by atoms with Crippen molar-refractivity contribution in [1.82, 2.24) is 5.32 Å². The van der Waals surface area contributed by atoms with Crippen LogP contribution < -0.4 is 5.32 Å². The Balaban J connectivity index is 2.76. The van der Waals surface area contributed by atoms with Gasteiger partial charge in [-0.3, -0.25) is 0 Å². The van der Waals surface area contributed by atoms with E-state index in [1.165, 1.54) is 0 Å². The molecule has 0 aromatic carbocycles. The standard InChI is InChI=1S/C13H27NO2S/c1-5-9-14-12-7-6-8-13(12)17(15,16)11(4)10(2)3/h10-14H,5-9H2,1-4H3. The quantitative estimate of drug-likeness (QED) is 0.798. The predicted molar refractivity (Wildman–Crippen MR) is 72.9 cm³/mol. The van der Waals surface area contributed by atoms with Gasteiger partial charge in [0, 0.05) is 6.04 Å². The van der Waals surface area contributed by atoms with Crippen molar-refractivity contribution in [2.24, 2.45) is 5.92 Å². The highest BCUT2D eigenvalue weighted by molar-refractivity contribution is 7.92. The molecule has 1 N–H and O–H groups in total.